The van der Waals surface area contributed by atoms with Crippen LogP contribution >= 0.6 is 12.2 Å². The SMILES string of the molecule is CC(C)CNC(=S)NN=CC=Cc1ccc(C(C)C)cc1. The highest BCUT2D eigenvalue weighted by Gasteiger charge is 1.97. The van der Waals surface area contributed by atoms with Crippen LogP contribution in [0.1, 0.15) is 44.7 Å². The van der Waals surface area contributed by atoms with Gasteiger partial charge in [0.2, 0.25) is 0 Å². The van der Waals surface area contributed by atoms with Gasteiger partial charge in [0.1, 0.15) is 0 Å². The highest BCUT2D eigenvalue weighted by Crippen LogP contribution is 2.15. The predicted octanol–water partition coefficient (Wildman–Crippen LogP) is 3.93. The second-order valence-electron chi connectivity index (χ2n) is 5.67. The van der Waals surface area contributed by atoms with Crippen molar-refractivity contribution >= 4 is 29.6 Å². The molecule has 1 aromatic rings. The van der Waals surface area contributed by atoms with Gasteiger partial charge in [0.05, 0.1) is 0 Å². The van der Waals surface area contributed by atoms with Crippen molar-refractivity contribution in [1.82, 2.24) is 10.7 Å². The number of allylic oxidation sites excluding steroid dienone is 1. The third-order valence-corrected chi connectivity index (χ3v) is 3.12. The van der Waals surface area contributed by atoms with Crippen molar-refractivity contribution in [1.29, 1.82) is 0 Å². The molecule has 0 atom stereocenters. The molecule has 1 rings (SSSR count). The van der Waals surface area contributed by atoms with E-state index in [4.69, 9.17) is 12.2 Å². The predicted molar refractivity (Wildman–Crippen MR) is 96.6 cm³/mol. The number of hydrazone groups is 1. The highest BCUT2D eigenvalue weighted by atomic mass is 32.1. The summed E-state index contributed by atoms with van der Waals surface area (Å²) in [6.45, 7) is 9.50. The van der Waals surface area contributed by atoms with Gasteiger partial charge in [-0.15, -0.1) is 0 Å². The first-order chi connectivity index (χ1) is 9.99. The number of benzene rings is 1. The summed E-state index contributed by atoms with van der Waals surface area (Å²) in [4.78, 5) is 0. The highest BCUT2D eigenvalue weighted by molar-refractivity contribution is 7.80. The van der Waals surface area contributed by atoms with Gasteiger partial charge >= 0.3 is 0 Å². The first-order valence-electron chi connectivity index (χ1n) is 7.32. The third-order valence-electron chi connectivity index (χ3n) is 2.89. The minimum atomic E-state index is 0.551. The van der Waals surface area contributed by atoms with Crippen LogP contribution in [-0.2, 0) is 0 Å². The maximum Gasteiger partial charge on any atom is 0.186 e. The van der Waals surface area contributed by atoms with Crippen LogP contribution in [0.3, 0.4) is 0 Å². The summed E-state index contributed by atoms with van der Waals surface area (Å²) in [6, 6.07) is 8.54. The molecule has 0 fully saturated rings. The quantitative estimate of drug-likeness (QED) is 0.475. The Bertz CT molecular complexity index is 487. The molecular formula is C17H25N3S. The van der Waals surface area contributed by atoms with Crippen molar-refractivity contribution in [2.45, 2.75) is 33.6 Å². The molecule has 0 saturated heterocycles. The van der Waals surface area contributed by atoms with Crippen LogP contribution in [0.5, 0.6) is 0 Å². The van der Waals surface area contributed by atoms with Crippen LogP contribution < -0.4 is 10.7 Å². The summed E-state index contributed by atoms with van der Waals surface area (Å²) in [5, 5.41) is 7.69. The van der Waals surface area contributed by atoms with Crippen molar-refractivity contribution in [3.05, 3.63) is 41.5 Å². The molecule has 0 aliphatic rings. The number of thiocarbonyl (C=S) groups is 1. The lowest BCUT2D eigenvalue weighted by Crippen LogP contribution is -2.34. The van der Waals surface area contributed by atoms with E-state index >= 15 is 0 Å². The van der Waals surface area contributed by atoms with Gasteiger partial charge in [-0.1, -0.05) is 58.0 Å². The number of rotatable bonds is 6. The lowest BCUT2D eigenvalue weighted by Gasteiger charge is -2.08. The molecule has 0 bridgehead atoms. The van der Waals surface area contributed by atoms with E-state index in [2.05, 4.69) is 67.8 Å². The Morgan fingerprint density at radius 2 is 1.86 bits per heavy atom. The standard InChI is InChI=1S/C17H25N3S/c1-13(2)12-18-17(21)20-19-11-5-6-15-7-9-16(10-8-15)14(3)4/h5-11,13-14H,12H2,1-4H3,(H2,18,20,21). The molecule has 0 aliphatic heterocycles. The van der Waals surface area contributed by atoms with Crippen LogP contribution in [-0.4, -0.2) is 17.9 Å². The molecule has 114 valence electrons. The summed E-state index contributed by atoms with van der Waals surface area (Å²) < 4.78 is 0. The van der Waals surface area contributed by atoms with Crippen LogP contribution in [0.2, 0.25) is 0 Å². The summed E-state index contributed by atoms with van der Waals surface area (Å²) in [5.41, 5.74) is 5.30. The van der Waals surface area contributed by atoms with Crippen LogP contribution in [0.4, 0.5) is 0 Å². The van der Waals surface area contributed by atoms with E-state index in [1.54, 1.807) is 6.21 Å². The molecular weight excluding hydrogens is 278 g/mol. The summed E-state index contributed by atoms with van der Waals surface area (Å²) >= 11 is 5.09. The molecule has 0 saturated carbocycles. The van der Waals surface area contributed by atoms with Gasteiger partial charge in [0.25, 0.3) is 0 Å². The first-order valence-corrected chi connectivity index (χ1v) is 7.73. The molecule has 2 N–H and O–H groups in total. The average molecular weight is 303 g/mol. The van der Waals surface area contributed by atoms with Crippen molar-refractivity contribution in [3.8, 4) is 0 Å². The second kappa shape index (κ2) is 9.29. The van der Waals surface area contributed by atoms with Gasteiger partial charge in [0.15, 0.2) is 5.11 Å². The molecule has 0 aromatic heterocycles. The van der Waals surface area contributed by atoms with Crippen molar-refractivity contribution in [2.24, 2.45) is 11.0 Å². The number of hydrogen-bond acceptors (Lipinski definition) is 2. The van der Waals surface area contributed by atoms with Crippen LogP contribution in [0.15, 0.2) is 35.4 Å². The lowest BCUT2D eigenvalue weighted by atomic mass is 10.0. The smallest absolute Gasteiger partial charge is 0.186 e. The molecule has 0 radical (unpaired) electrons. The number of hydrogen-bond donors (Lipinski definition) is 2. The fraction of sp³-hybridized carbons (Fsp3) is 0.412. The Hall–Kier alpha value is -1.68. The molecule has 21 heavy (non-hydrogen) atoms. The molecule has 1 aromatic carbocycles. The van der Waals surface area contributed by atoms with Crippen LogP contribution in [0.25, 0.3) is 6.08 Å². The topological polar surface area (TPSA) is 36.4 Å². The zero-order chi connectivity index (χ0) is 15.7. The van der Waals surface area contributed by atoms with Gasteiger partial charge in [-0.2, -0.15) is 5.10 Å². The van der Waals surface area contributed by atoms with Gasteiger partial charge in [-0.25, -0.2) is 0 Å². The Kier molecular flexibility index (Phi) is 7.69. The number of nitrogens with one attached hydrogen (secondary N) is 2. The zero-order valence-electron chi connectivity index (χ0n) is 13.3. The maximum atomic E-state index is 5.09. The van der Waals surface area contributed by atoms with E-state index in [0.717, 1.165) is 12.1 Å². The van der Waals surface area contributed by atoms with Crippen molar-refractivity contribution in [3.63, 3.8) is 0 Å². The first kappa shape index (κ1) is 17.4. The molecule has 0 unspecified atom stereocenters. The minimum Gasteiger partial charge on any atom is -0.361 e. The Balaban J connectivity index is 2.36. The van der Waals surface area contributed by atoms with E-state index in [1.807, 2.05) is 12.2 Å². The van der Waals surface area contributed by atoms with E-state index < -0.39 is 0 Å². The van der Waals surface area contributed by atoms with E-state index in [-0.39, 0.29) is 0 Å². The molecule has 0 aliphatic carbocycles. The second-order valence-corrected chi connectivity index (χ2v) is 6.08. The Morgan fingerprint density at radius 3 is 2.43 bits per heavy atom. The van der Waals surface area contributed by atoms with Gasteiger partial charge in [-0.3, -0.25) is 5.43 Å². The van der Waals surface area contributed by atoms with Crippen LogP contribution in [0, 0.1) is 5.92 Å². The van der Waals surface area contributed by atoms with E-state index in [0.29, 0.717) is 16.9 Å². The molecule has 0 heterocycles. The fourth-order valence-corrected chi connectivity index (χ4v) is 1.76. The molecule has 0 amide bonds. The monoisotopic (exact) mass is 303 g/mol. The minimum absolute atomic E-state index is 0.551. The van der Waals surface area contributed by atoms with Crippen molar-refractivity contribution < 1.29 is 0 Å². The Morgan fingerprint density at radius 1 is 1.19 bits per heavy atom. The summed E-state index contributed by atoms with van der Waals surface area (Å²) in [6.07, 6.45) is 5.60. The third kappa shape index (κ3) is 7.61. The largest absolute Gasteiger partial charge is 0.361 e. The average Bonchev–Trinajstić information content (AvgIpc) is 2.45. The van der Waals surface area contributed by atoms with E-state index in [1.165, 1.54) is 5.56 Å². The molecule has 4 heteroatoms. The van der Waals surface area contributed by atoms with E-state index in [9.17, 15) is 0 Å². The van der Waals surface area contributed by atoms with Gasteiger partial charge in [0, 0.05) is 12.8 Å². The normalized spacial score (nSPS) is 11.7. The molecule has 0 spiro atoms. The lowest BCUT2D eigenvalue weighted by molar-refractivity contribution is 0.621. The molecule has 3 nitrogen and oxygen atoms in total. The maximum absolute atomic E-state index is 5.09. The Labute approximate surface area is 133 Å². The summed E-state index contributed by atoms with van der Waals surface area (Å²) in [5.74, 6) is 1.12. The zero-order valence-corrected chi connectivity index (χ0v) is 14.1. The van der Waals surface area contributed by atoms with Gasteiger partial charge < -0.3 is 5.32 Å². The van der Waals surface area contributed by atoms with Gasteiger partial charge in [-0.05, 0) is 41.3 Å². The number of nitrogens with zero attached hydrogens (tertiary/aromatic N) is 1. The summed E-state index contributed by atoms with van der Waals surface area (Å²) in [7, 11) is 0. The fourth-order valence-electron chi connectivity index (χ4n) is 1.62. The van der Waals surface area contributed by atoms with Crippen molar-refractivity contribution in [2.75, 3.05) is 6.54 Å².